The van der Waals surface area contributed by atoms with Crippen molar-refractivity contribution in [1.29, 1.82) is 0 Å². The van der Waals surface area contributed by atoms with Crippen molar-refractivity contribution < 1.29 is 0 Å². The van der Waals surface area contributed by atoms with Crippen LogP contribution in [0.4, 0.5) is 0 Å². The molecule has 0 saturated heterocycles. The van der Waals surface area contributed by atoms with Crippen LogP contribution in [0.15, 0.2) is 36.5 Å². The predicted molar refractivity (Wildman–Crippen MR) is 67.6 cm³/mol. The molecule has 0 bridgehead atoms. The van der Waals surface area contributed by atoms with Crippen molar-refractivity contribution in [3.05, 3.63) is 36.5 Å². The lowest BCUT2D eigenvalue weighted by atomic mass is 9.73. The average molecular weight is 205 g/mol. The van der Waals surface area contributed by atoms with Gasteiger partial charge in [-0.1, -0.05) is 37.8 Å². The Morgan fingerprint density at radius 2 is 2.00 bits per heavy atom. The molecule has 1 rings (SSSR count). The summed E-state index contributed by atoms with van der Waals surface area (Å²) < 4.78 is 0. The van der Waals surface area contributed by atoms with E-state index < -0.39 is 0 Å². The molecule has 1 nitrogen and oxygen atoms in total. The summed E-state index contributed by atoms with van der Waals surface area (Å²) in [5, 5.41) is 0. The second kappa shape index (κ2) is 5.32. The van der Waals surface area contributed by atoms with E-state index in [1.54, 1.807) is 0 Å². The van der Waals surface area contributed by atoms with Gasteiger partial charge < -0.3 is 5.73 Å². The highest BCUT2D eigenvalue weighted by Gasteiger charge is 2.32. The summed E-state index contributed by atoms with van der Waals surface area (Å²) in [4.78, 5) is 0. The smallest absolute Gasteiger partial charge is 0.0409 e. The molecule has 2 N–H and O–H groups in total. The minimum absolute atomic E-state index is 0.118. The van der Waals surface area contributed by atoms with Gasteiger partial charge in [0.05, 0.1) is 0 Å². The first-order chi connectivity index (χ1) is 7.12. The Labute approximate surface area is 93.7 Å². The summed E-state index contributed by atoms with van der Waals surface area (Å²) in [5.41, 5.74) is 7.58. The van der Waals surface area contributed by atoms with Gasteiger partial charge in [-0.2, -0.15) is 0 Å². The molecule has 15 heavy (non-hydrogen) atoms. The van der Waals surface area contributed by atoms with E-state index in [2.05, 4.69) is 31.7 Å². The van der Waals surface area contributed by atoms with E-state index in [9.17, 15) is 0 Å². The van der Waals surface area contributed by atoms with Crippen LogP contribution in [-0.2, 0) is 0 Å². The Morgan fingerprint density at radius 3 is 2.47 bits per heavy atom. The van der Waals surface area contributed by atoms with Crippen molar-refractivity contribution in [1.82, 2.24) is 0 Å². The quantitative estimate of drug-likeness (QED) is 0.700. The zero-order chi connectivity index (χ0) is 11.3. The van der Waals surface area contributed by atoms with E-state index in [1.807, 2.05) is 13.0 Å². The number of nitrogens with two attached hydrogens (primary N) is 1. The molecule has 84 valence electrons. The summed E-state index contributed by atoms with van der Waals surface area (Å²) in [7, 11) is 0. The molecule has 1 aliphatic carbocycles. The highest BCUT2D eigenvalue weighted by molar-refractivity contribution is 5.33. The second-order valence-corrected chi connectivity index (χ2v) is 4.70. The van der Waals surface area contributed by atoms with Gasteiger partial charge in [0, 0.05) is 5.54 Å². The molecule has 1 aliphatic rings. The third-order valence-corrected chi connectivity index (χ3v) is 3.39. The molecule has 1 fully saturated rings. The van der Waals surface area contributed by atoms with Gasteiger partial charge in [0.25, 0.3) is 0 Å². The van der Waals surface area contributed by atoms with Crippen molar-refractivity contribution in [2.45, 2.75) is 45.1 Å². The van der Waals surface area contributed by atoms with Gasteiger partial charge in [-0.3, -0.25) is 0 Å². The van der Waals surface area contributed by atoms with Crippen molar-refractivity contribution >= 4 is 0 Å². The Bertz CT molecular complexity index is 265. The van der Waals surface area contributed by atoms with Crippen molar-refractivity contribution in [2.24, 2.45) is 11.7 Å². The molecule has 0 aliphatic heterocycles. The van der Waals surface area contributed by atoms with Crippen molar-refractivity contribution in [3.63, 3.8) is 0 Å². The summed E-state index contributed by atoms with van der Waals surface area (Å²) in [5.74, 6) is 0.831. The molecule has 0 atom stereocenters. The predicted octanol–water partition coefficient (Wildman–Crippen LogP) is 3.58. The molecule has 1 saturated carbocycles. The van der Waals surface area contributed by atoms with E-state index in [-0.39, 0.29) is 5.54 Å². The van der Waals surface area contributed by atoms with Crippen LogP contribution in [0.2, 0.25) is 0 Å². The fourth-order valence-corrected chi connectivity index (χ4v) is 2.26. The maximum Gasteiger partial charge on any atom is 0.0409 e. The molecular formula is C14H23N. The highest BCUT2D eigenvalue weighted by atomic mass is 14.7. The van der Waals surface area contributed by atoms with E-state index in [1.165, 1.54) is 18.4 Å². The maximum atomic E-state index is 6.47. The molecule has 0 aromatic rings. The SMILES string of the molecule is C=C/C=C(\C=C/C)C1(N)CCC(C)CC1. The van der Waals surface area contributed by atoms with Gasteiger partial charge >= 0.3 is 0 Å². The number of allylic oxidation sites excluding steroid dienone is 3. The Balaban J connectivity index is 2.82. The molecule has 0 unspecified atom stereocenters. The van der Waals surface area contributed by atoms with Gasteiger partial charge in [-0.05, 0) is 44.1 Å². The van der Waals surface area contributed by atoms with E-state index in [0.717, 1.165) is 18.8 Å². The lowest BCUT2D eigenvalue weighted by molar-refractivity contribution is 0.282. The molecule has 0 heterocycles. The van der Waals surface area contributed by atoms with Gasteiger partial charge in [0.2, 0.25) is 0 Å². The van der Waals surface area contributed by atoms with E-state index >= 15 is 0 Å². The topological polar surface area (TPSA) is 26.0 Å². The van der Waals surface area contributed by atoms with Gasteiger partial charge in [0.15, 0.2) is 0 Å². The zero-order valence-electron chi connectivity index (χ0n) is 10.00. The van der Waals surface area contributed by atoms with E-state index in [4.69, 9.17) is 5.73 Å². The molecule has 0 aromatic carbocycles. The first kappa shape index (κ1) is 12.3. The fraction of sp³-hybridized carbons (Fsp3) is 0.571. The largest absolute Gasteiger partial charge is 0.321 e. The lowest BCUT2D eigenvalue weighted by Crippen LogP contribution is -2.44. The van der Waals surface area contributed by atoms with Crippen LogP contribution in [0.25, 0.3) is 0 Å². The maximum absolute atomic E-state index is 6.47. The molecule has 0 radical (unpaired) electrons. The average Bonchev–Trinajstić information content (AvgIpc) is 2.23. The molecule has 0 amide bonds. The Morgan fingerprint density at radius 1 is 1.40 bits per heavy atom. The van der Waals surface area contributed by atoms with Crippen LogP contribution >= 0.6 is 0 Å². The minimum Gasteiger partial charge on any atom is -0.321 e. The van der Waals surface area contributed by atoms with E-state index in [0.29, 0.717) is 0 Å². The Hall–Kier alpha value is -0.820. The van der Waals surface area contributed by atoms with Gasteiger partial charge in [-0.15, -0.1) is 0 Å². The summed E-state index contributed by atoms with van der Waals surface area (Å²) in [6.07, 6.45) is 12.7. The van der Waals surface area contributed by atoms with Crippen LogP contribution in [0.1, 0.15) is 39.5 Å². The summed E-state index contributed by atoms with van der Waals surface area (Å²) >= 11 is 0. The van der Waals surface area contributed by atoms with Crippen LogP contribution < -0.4 is 5.73 Å². The van der Waals surface area contributed by atoms with Crippen LogP contribution in [0, 0.1) is 5.92 Å². The number of hydrogen-bond acceptors (Lipinski definition) is 1. The van der Waals surface area contributed by atoms with Crippen LogP contribution in [0.3, 0.4) is 0 Å². The molecule has 0 aromatic heterocycles. The normalized spacial score (nSPS) is 33.3. The standard InChI is InChI=1S/C14H23N/c1-4-6-13(7-5-2)14(15)10-8-12(3)9-11-14/h4-7,12H,1,8-11,15H2,2-3H3/b7-5-,13-6+. The zero-order valence-corrected chi connectivity index (χ0v) is 10.00. The summed E-state index contributed by atoms with van der Waals surface area (Å²) in [6.45, 7) is 8.10. The van der Waals surface area contributed by atoms with Crippen molar-refractivity contribution in [2.75, 3.05) is 0 Å². The Kier molecular flexibility index (Phi) is 4.34. The lowest BCUT2D eigenvalue weighted by Gasteiger charge is -2.37. The third kappa shape index (κ3) is 3.07. The highest BCUT2D eigenvalue weighted by Crippen LogP contribution is 2.35. The van der Waals surface area contributed by atoms with Gasteiger partial charge in [0.1, 0.15) is 0 Å². The monoisotopic (exact) mass is 205 g/mol. The summed E-state index contributed by atoms with van der Waals surface area (Å²) in [6, 6.07) is 0. The molecule has 1 heteroatoms. The van der Waals surface area contributed by atoms with Crippen LogP contribution in [0.5, 0.6) is 0 Å². The number of hydrogen-bond donors (Lipinski definition) is 1. The minimum atomic E-state index is -0.118. The molecular weight excluding hydrogens is 182 g/mol. The van der Waals surface area contributed by atoms with Gasteiger partial charge in [-0.25, -0.2) is 0 Å². The molecule has 0 spiro atoms. The van der Waals surface area contributed by atoms with Crippen molar-refractivity contribution in [3.8, 4) is 0 Å². The van der Waals surface area contributed by atoms with Crippen LogP contribution in [-0.4, -0.2) is 5.54 Å². The fourth-order valence-electron chi connectivity index (χ4n) is 2.26. The third-order valence-electron chi connectivity index (χ3n) is 3.39. The first-order valence-corrected chi connectivity index (χ1v) is 5.87. The number of rotatable bonds is 3. The second-order valence-electron chi connectivity index (χ2n) is 4.70. The first-order valence-electron chi connectivity index (χ1n) is 5.87.